The Hall–Kier alpha value is -2.22. The molecule has 4 aliphatic heterocycles. The molecule has 4 saturated heterocycles. The molecule has 0 aromatic heterocycles. The summed E-state index contributed by atoms with van der Waals surface area (Å²) in [7, 11) is -3.65. The van der Waals surface area contributed by atoms with Crippen molar-refractivity contribution in [3.63, 3.8) is 0 Å². The van der Waals surface area contributed by atoms with E-state index >= 15 is 0 Å². The van der Waals surface area contributed by atoms with E-state index in [2.05, 4.69) is 5.32 Å². The van der Waals surface area contributed by atoms with Crippen molar-refractivity contribution in [1.29, 1.82) is 0 Å². The third kappa shape index (κ3) is 6.10. The first-order valence-corrected chi connectivity index (χ1v) is 15.0. The molecule has 39 heavy (non-hydrogen) atoms. The number of nitrogens with one attached hydrogen (secondary N) is 1. The minimum absolute atomic E-state index is 0.0504. The van der Waals surface area contributed by atoms with E-state index in [1.54, 1.807) is 4.90 Å². The predicted molar refractivity (Wildman–Crippen MR) is 135 cm³/mol. The molecule has 0 saturated carbocycles. The molecule has 0 radical (unpaired) electrons. The monoisotopic (exact) mass is 572 g/mol. The lowest BCUT2D eigenvalue weighted by Gasteiger charge is -2.44. The molecule has 1 N–H and O–H groups in total. The van der Waals surface area contributed by atoms with Crippen molar-refractivity contribution in [2.24, 2.45) is 17.8 Å². The number of halogens is 3. The molecule has 3 atom stereocenters. The maximum Gasteiger partial charge on any atom is 0.416 e. The van der Waals surface area contributed by atoms with Crippen LogP contribution in [-0.2, 0) is 37.3 Å². The Bertz CT molecular complexity index is 1150. The van der Waals surface area contributed by atoms with E-state index in [1.165, 1.54) is 20.7 Å². The van der Waals surface area contributed by atoms with Crippen LogP contribution in [0.15, 0.2) is 24.3 Å². The molecule has 4 heterocycles. The Kier molecular flexibility index (Phi) is 8.23. The average molecular weight is 573 g/mol. The van der Waals surface area contributed by atoms with Crippen LogP contribution < -0.4 is 5.32 Å². The number of carbonyl (C=O) groups excluding carboxylic acids is 2. The second-order valence-corrected chi connectivity index (χ2v) is 12.9. The molecule has 1 aromatic carbocycles. The van der Waals surface area contributed by atoms with Gasteiger partial charge in [-0.3, -0.25) is 9.59 Å². The van der Waals surface area contributed by atoms with Crippen molar-refractivity contribution in [2.45, 2.75) is 50.9 Å². The van der Waals surface area contributed by atoms with Gasteiger partial charge < -0.3 is 15.0 Å². The van der Waals surface area contributed by atoms with Crippen LogP contribution in [0.5, 0.6) is 0 Å². The molecule has 5 rings (SSSR count). The summed E-state index contributed by atoms with van der Waals surface area (Å²) in [6.45, 7) is 3.33. The van der Waals surface area contributed by atoms with Crippen molar-refractivity contribution in [2.75, 3.05) is 45.9 Å². The number of piperidine rings is 1. The minimum atomic E-state index is -4.43. The standard InChI is InChI=1S/C26H35F3N4O5S/c27-26(28,29)22-7-5-18(6-8-22)13-30-24(34)23-4-2-11-33(23)25(35)19-3-1-10-31(14-19)39(36,37)32-15-21(16-32)20-9-12-38-17-20/h5-8,19-21,23H,1-4,9-17H2,(H,30,34)/t19-,20+,23+/m0/s1. The van der Waals surface area contributed by atoms with E-state index in [0.29, 0.717) is 75.9 Å². The van der Waals surface area contributed by atoms with Gasteiger partial charge >= 0.3 is 6.18 Å². The number of amides is 2. The van der Waals surface area contributed by atoms with Crippen LogP contribution in [0.25, 0.3) is 0 Å². The molecule has 0 unspecified atom stereocenters. The fraction of sp³-hybridized carbons (Fsp3) is 0.692. The second-order valence-electron chi connectivity index (χ2n) is 11.0. The number of alkyl halides is 3. The van der Waals surface area contributed by atoms with Crippen molar-refractivity contribution < 1.29 is 35.9 Å². The molecule has 1 aromatic rings. The zero-order chi connectivity index (χ0) is 27.8. The molecular formula is C26H35F3N4O5S. The van der Waals surface area contributed by atoms with Gasteiger partial charge in [0.05, 0.1) is 11.5 Å². The average Bonchev–Trinajstić information content (AvgIpc) is 3.58. The summed E-state index contributed by atoms with van der Waals surface area (Å²) in [5.74, 6) is -0.368. The number of ether oxygens (including phenoxy) is 1. The van der Waals surface area contributed by atoms with E-state index < -0.39 is 33.9 Å². The molecule has 13 heteroatoms. The summed E-state index contributed by atoms with van der Waals surface area (Å²) in [4.78, 5) is 27.9. The van der Waals surface area contributed by atoms with Gasteiger partial charge in [0.2, 0.25) is 11.8 Å². The number of rotatable bonds is 7. The van der Waals surface area contributed by atoms with Gasteiger partial charge in [-0.05, 0) is 61.6 Å². The van der Waals surface area contributed by atoms with E-state index in [4.69, 9.17) is 4.74 Å². The maximum absolute atomic E-state index is 13.5. The summed E-state index contributed by atoms with van der Waals surface area (Å²) in [5, 5.41) is 2.74. The van der Waals surface area contributed by atoms with Crippen LogP contribution in [0, 0.1) is 17.8 Å². The molecule has 4 aliphatic rings. The first-order chi connectivity index (χ1) is 18.5. The zero-order valence-corrected chi connectivity index (χ0v) is 22.6. The number of carbonyl (C=O) groups is 2. The fourth-order valence-corrected chi connectivity index (χ4v) is 7.87. The van der Waals surface area contributed by atoms with Gasteiger partial charge in [-0.2, -0.15) is 30.2 Å². The van der Waals surface area contributed by atoms with E-state index in [1.807, 2.05) is 0 Å². The van der Waals surface area contributed by atoms with Crippen LogP contribution in [0.2, 0.25) is 0 Å². The number of likely N-dealkylation sites (tertiary alicyclic amines) is 1. The largest absolute Gasteiger partial charge is 0.416 e. The highest BCUT2D eigenvalue weighted by Gasteiger charge is 2.46. The molecule has 216 valence electrons. The van der Waals surface area contributed by atoms with Gasteiger partial charge in [-0.1, -0.05) is 12.1 Å². The molecular weight excluding hydrogens is 537 g/mol. The van der Waals surface area contributed by atoms with Crippen LogP contribution in [0.3, 0.4) is 0 Å². The highest BCUT2D eigenvalue weighted by Crippen LogP contribution is 2.34. The van der Waals surface area contributed by atoms with Gasteiger partial charge in [0.1, 0.15) is 6.04 Å². The number of nitrogens with zero attached hydrogens (tertiary/aromatic N) is 3. The number of hydrogen-bond donors (Lipinski definition) is 1. The van der Waals surface area contributed by atoms with E-state index in [-0.39, 0.29) is 24.9 Å². The maximum atomic E-state index is 13.5. The topological polar surface area (TPSA) is 99.3 Å². The Morgan fingerprint density at radius 1 is 0.949 bits per heavy atom. The Balaban J connectivity index is 1.15. The molecule has 0 bridgehead atoms. The van der Waals surface area contributed by atoms with Gasteiger partial charge in [-0.25, -0.2) is 0 Å². The summed E-state index contributed by atoms with van der Waals surface area (Å²) in [5.41, 5.74) is -0.236. The molecule has 4 fully saturated rings. The summed E-state index contributed by atoms with van der Waals surface area (Å²) >= 11 is 0. The predicted octanol–water partition coefficient (Wildman–Crippen LogP) is 2.24. The van der Waals surface area contributed by atoms with Crippen LogP contribution in [0.1, 0.15) is 43.2 Å². The highest BCUT2D eigenvalue weighted by molar-refractivity contribution is 7.86. The van der Waals surface area contributed by atoms with Crippen molar-refractivity contribution in [3.8, 4) is 0 Å². The van der Waals surface area contributed by atoms with Gasteiger partial charge in [-0.15, -0.1) is 0 Å². The van der Waals surface area contributed by atoms with Crippen LogP contribution >= 0.6 is 0 Å². The Morgan fingerprint density at radius 2 is 1.67 bits per heavy atom. The lowest BCUT2D eigenvalue weighted by atomic mass is 9.87. The van der Waals surface area contributed by atoms with E-state index in [9.17, 15) is 31.2 Å². The Morgan fingerprint density at radius 3 is 2.33 bits per heavy atom. The molecule has 2 amide bonds. The number of hydrogen-bond acceptors (Lipinski definition) is 5. The van der Waals surface area contributed by atoms with Crippen LogP contribution in [0.4, 0.5) is 13.2 Å². The van der Waals surface area contributed by atoms with Crippen molar-refractivity contribution in [3.05, 3.63) is 35.4 Å². The highest BCUT2D eigenvalue weighted by atomic mass is 32.2. The minimum Gasteiger partial charge on any atom is -0.381 e. The molecule has 9 nitrogen and oxygen atoms in total. The first-order valence-electron chi connectivity index (χ1n) is 13.6. The van der Waals surface area contributed by atoms with Gasteiger partial charge in [0.25, 0.3) is 10.2 Å². The summed E-state index contributed by atoms with van der Waals surface area (Å²) in [6.07, 6.45) is -1.19. The number of benzene rings is 1. The smallest absolute Gasteiger partial charge is 0.381 e. The summed E-state index contributed by atoms with van der Waals surface area (Å²) < 4.78 is 73.2. The first kappa shape index (κ1) is 28.3. The molecule has 0 aliphatic carbocycles. The SMILES string of the molecule is O=C(NCc1ccc(C(F)(F)F)cc1)[C@H]1CCCN1C(=O)[C@H]1CCCN(S(=O)(=O)N2CC([C@@H]3CCOC3)C2)C1. The lowest BCUT2D eigenvalue weighted by molar-refractivity contribution is -0.142. The van der Waals surface area contributed by atoms with Gasteiger partial charge in [0.15, 0.2) is 0 Å². The normalized spacial score (nSPS) is 27.5. The third-order valence-electron chi connectivity index (χ3n) is 8.48. The molecule has 0 spiro atoms. The van der Waals surface area contributed by atoms with E-state index in [0.717, 1.165) is 25.2 Å². The fourth-order valence-electron chi connectivity index (χ4n) is 6.05. The Labute approximate surface area is 226 Å². The zero-order valence-electron chi connectivity index (χ0n) is 21.7. The van der Waals surface area contributed by atoms with Crippen molar-refractivity contribution in [1.82, 2.24) is 18.8 Å². The van der Waals surface area contributed by atoms with Crippen molar-refractivity contribution >= 4 is 22.0 Å². The summed E-state index contributed by atoms with van der Waals surface area (Å²) in [6, 6.07) is 3.90. The van der Waals surface area contributed by atoms with Gasteiger partial charge in [0, 0.05) is 52.5 Å². The lowest BCUT2D eigenvalue weighted by Crippen LogP contribution is -2.59. The van der Waals surface area contributed by atoms with Crippen LogP contribution in [-0.4, -0.2) is 85.7 Å². The quantitative estimate of drug-likeness (QED) is 0.541. The second kappa shape index (κ2) is 11.3. The third-order valence-corrected chi connectivity index (χ3v) is 10.4.